The van der Waals surface area contributed by atoms with E-state index in [4.69, 9.17) is 20.8 Å². The van der Waals surface area contributed by atoms with Crippen LogP contribution in [0.3, 0.4) is 0 Å². The number of rotatable bonds is 4. The quantitative estimate of drug-likeness (QED) is 0.291. The maximum Gasteiger partial charge on any atom is 0.165 e. The molecule has 1 aliphatic carbocycles. The van der Waals surface area contributed by atoms with E-state index in [-0.39, 0.29) is 0 Å². The molecule has 1 aliphatic rings. The lowest BCUT2D eigenvalue weighted by molar-refractivity contribution is -0.0738. The number of aliphatic hydroxyl groups is 1. The van der Waals surface area contributed by atoms with Crippen LogP contribution in [0.15, 0.2) is 97.2 Å². The fourth-order valence-electron chi connectivity index (χ4n) is 6.21. The van der Waals surface area contributed by atoms with Crippen molar-refractivity contribution in [2.24, 2.45) is 5.73 Å². The summed E-state index contributed by atoms with van der Waals surface area (Å²) in [5, 5.41) is 16.0. The van der Waals surface area contributed by atoms with E-state index in [1.165, 1.54) is 0 Å². The molecule has 6 nitrogen and oxygen atoms in total. The number of fused-ring (bicyclic) bond motifs is 3. The first kappa shape index (κ1) is 23.7. The lowest BCUT2D eigenvalue weighted by atomic mass is 9.63. The van der Waals surface area contributed by atoms with Crippen molar-refractivity contribution in [3.63, 3.8) is 0 Å². The molecule has 0 radical (unpaired) electrons. The van der Waals surface area contributed by atoms with Gasteiger partial charge in [0.15, 0.2) is 11.3 Å². The highest BCUT2D eigenvalue weighted by molar-refractivity contribution is 6.06. The second-order valence-corrected chi connectivity index (χ2v) is 11.1. The van der Waals surface area contributed by atoms with Crippen molar-refractivity contribution in [1.82, 2.24) is 19.6 Å². The molecule has 3 aromatic carbocycles. The summed E-state index contributed by atoms with van der Waals surface area (Å²) in [6.07, 6.45) is 3.01. The summed E-state index contributed by atoms with van der Waals surface area (Å²) in [6.45, 7) is 3.81. The van der Waals surface area contributed by atoms with Gasteiger partial charge in [0.1, 0.15) is 0 Å². The van der Waals surface area contributed by atoms with Gasteiger partial charge in [0.05, 0.1) is 17.0 Å². The highest BCUT2D eigenvalue weighted by Crippen LogP contribution is 2.47. The number of aromatic nitrogens is 4. The molecule has 7 rings (SSSR count). The van der Waals surface area contributed by atoms with Crippen LogP contribution < -0.4 is 5.73 Å². The van der Waals surface area contributed by atoms with E-state index in [0.717, 1.165) is 61.4 Å². The van der Waals surface area contributed by atoms with E-state index < -0.39 is 11.1 Å². The van der Waals surface area contributed by atoms with Crippen molar-refractivity contribution in [1.29, 1.82) is 0 Å². The molecule has 39 heavy (non-hydrogen) atoms. The van der Waals surface area contributed by atoms with Crippen LogP contribution in [0.4, 0.5) is 0 Å². The van der Waals surface area contributed by atoms with Crippen LogP contribution in [-0.2, 0) is 5.54 Å². The maximum absolute atomic E-state index is 10.3. The minimum absolute atomic E-state index is 0.513. The van der Waals surface area contributed by atoms with Crippen molar-refractivity contribution >= 4 is 16.7 Å². The maximum atomic E-state index is 10.3. The van der Waals surface area contributed by atoms with Crippen molar-refractivity contribution in [3.05, 3.63) is 108 Å². The Morgan fingerprint density at radius 3 is 2.05 bits per heavy atom. The number of benzene rings is 3. The van der Waals surface area contributed by atoms with E-state index in [1.807, 2.05) is 42.8 Å². The summed E-state index contributed by atoms with van der Waals surface area (Å²) in [6, 6.07) is 31.1. The van der Waals surface area contributed by atoms with Gasteiger partial charge in [-0.1, -0.05) is 84.9 Å². The molecule has 0 unspecified atom stereocenters. The van der Waals surface area contributed by atoms with Gasteiger partial charge in [-0.3, -0.25) is 0 Å². The van der Waals surface area contributed by atoms with Gasteiger partial charge in [-0.25, -0.2) is 9.97 Å². The van der Waals surface area contributed by atoms with Crippen LogP contribution in [0.2, 0.25) is 0 Å². The Morgan fingerprint density at radius 1 is 0.821 bits per heavy atom. The monoisotopic (exact) mass is 511 g/mol. The second kappa shape index (κ2) is 8.56. The Hall–Kier alpha value is -4.39. The summed E-state index contributed by atoms with van der Waals surface area (Å²) in [5.41, 5.74) is 15.0. The molecular weight excluding hydrogens is 482 g/mol. The van der Waals surface area contributed by atoms with Crippen LogP contribution in [0.5, 0.6) is 0 Å². The molecule has 3 N–H and O–H groups in total. The van der Waals surface area contributed by atoms with Crippen LogP contribution in [0.1, 0.15) is 31.0 Å². The van der Waals surface area contributed by atoms with E-state index >= 15 is 0 Å². The first-order chi connectivity index (χ1) is 18.8. The lowest BCUT2D eigenvalue weighted by Gasteiger charge is -2.49. The second-order valence-electron chi connectivity index (χ2n) is 11.1. The van der Waals surface area contributed by atoms with Crippen molar-refractivity contribution in [2.45, 2.75) is 37.8 Å². The standard InChI is InChI=1S/C33H29N5O/c1-21-17-27-35-18-26-28(22-9-5-3-6-10-22)29(23-11-7-4-8-12-23)30(36-31(26)38(27)37-21)24-13-15-25(16-14-24)33(34)19-32(2,39)20-33/h3-18,39H,19-20,34H2,1-2H3/t32-,33-. The molecular formula is C33H29N5O. The zero-order valence-electron chi connectivity index (χ0n) is 22.0. The third-order valence-electron chi connectivity index (χ3n) is 7.80. The van der Waals surface area contributed by atoms with Crippen molar-refractivity contribution in [2.75, 3.05) is 0 Å². The molecule has 1 fully saturated rings. The predicted octanol–water partition coefficient (Wildman–Crippen LogP) is 6.29. The molecule has 0 bridgehead atoms. The minimum Gasteiger partial charge on any atom is -0.390 e. The van der Waals surface area contributed by atoms with Crippen LogP contribution in [-0.4, -0.2) is 30.3 Å². The van der Waals surface area contributed by atoms with Gasteiger partial charge in [-0.15, -0.1) is 0 Å². The molecule has 0 aliphatic heterocycles. The average Bonchev–Trinajstić information content (AvgIpc) is 3.32. The minimum atomic E-state index is -0.709. The van der Waals surface area contributed by atoms with Crippen LogP contribution in [0, 0.1) is 6.92 Å². The van der Waals surface area contributed by atoms with Gasteiger partial charge in [-0.05, 0) is 43.4 Å². The zero-order chi connectivity index (χ0) is 26.8. The van der Waals surface area contributed by atoms with Gasteiger partial charge >= 0.3 is 0 Å². The highest BCUT2D eigenvalue weighted by atomic mass is 16.3. The van der Waals surface area contributed by atoms with Gasteiger partial charge in [-0.2, -0.15) is 9.61 Å². The zero-order valence-corrected chi connectivity index (χ0v) is 22.0. The number of nitrogens with zero attached hydrogens (tertiary/aromatic N) is 4. The SMILES string of the molecule is Cc1cc2ncc3c(-c4ccccc4)c(-c4ccccc4)c(-c4ccc([C@]5(N)C[C@](C)(O)C5)cc4)nc3n2n1. The van der Waals surface area contributed by atoms with Gasteiger partial charge in [0.2, 0.25) is 0 Å². The topological polar surface area (TPSA) is 89.3 Å². The van der Waals surface area contributed by atoms with E-state index in [0.29, 0.717) is 12.8 Å². The summed E-state index contributed by atoms with van der Waals surface area (Å²) >= 11 is 0. The Bertz CT molecular complexity index is 1830. The third kappa shape index (κ3) is 3.92. The fraction of sp³-hybridized carbons (Fsp3) is 0.182. The molecule has 3 heterocycles. The van der Waals surface area contributed by atoms with Crippen LogP contribution in [0.25, 0.3) is 50.2 Å². The predicted molar refractivity (Wildman–Crippen MR) is 155 cm³/mol. The number of aryl methyl sites for hydroxylation is 1. The Balaban J connectivity index is 1.54. The molecule has 6 heteroatoms. The lowest BCUT2D eigenvalue weighted by Crippen LogP contribution is -2.58. The molecule has 6 aromatic rings. The molecule has 0 spiro atoms. The van der Waals surface area contributed by atoms with Gasteiger partial charge in [0, 0.05) is 39.9 Å². The molecule has 0 saturated heterocycles. The average molecular weight is 512 g/mol. The number of pyridine rings is 1. The molecule has 0 atom stereocenters. The molecule has 3 aromatic heterocycles. The summed E-state index contributed by atoms with van der Waals surface area (Å²) < 4.78 is 1.84. The van der Waals surface area contributed by atoms with Crippen molar-refractivity contribution in [3.8, 4) is 33.5 Å². The van der Waals surface area contributed by atoms with Gasteiger partial charge in [0.25, 0.3) is 0 Å². The first-order valence-corrected chi connectivity index (χ1v) is 13.2. The van der Waals surface area contributed by atoms with E-state index in [2.05, 4.69) is 72.8 Å². The smallest absolute Gasteiger partial charge is 0.165 e. The largest absolute Gasteiger partial charge is 0.390 e. The highest BCUT2D eigenvalue weighted by Gasteiger charge is 2.49. The van der Waals surface area contributed by atoms with Crippen molar-refractivity contribution < 1.29 is 5.11 Å². The first-order valence-electron chi connectivity index (χ1n) is 13.2. The van der Waals surface area contributed by atoms with Gasteiger partial charge < -0.3 is 10.8 Å². The number of hydrogen-bond acceptors (Lipinski definition) is 5. The molecule has 1 saturated carbocycles. The van der Waals surface area contributed by atoms with Crippen LogP contribution >= 0.6 is 0 Å². The Morgan fingerprint density at radius 2 is 1.44 bits per heavy atom. The van der Waals surface area contributed by atoms with E-state index in [1.54, 1.807) is 0 Å². The normalized spacial score (nSPS) is 20.8. The Labute approximate surface area is 226 Å². The summed E-state index contributed by atoms with van der Waals surface area (Å²) in [5.74, 6) is 0. The van der Waals surface area contributed by atoms with E-state index in [9.17, 15) is 5.11 Å². The summed E-state index contributed by atoms with van der Waals surface area (Å²) in [4.78, 5) is 10.0. The molecule has 192 valence electrons. The fourth-order valence-corrected chi connectivity index (χ4v) is 6.21. The summed E-state index contributed by atoms with van der Waals surface area (Å²) in [7, 11) is 0. The number of nitrogens with two attached hydrogens (primary N) is 1. The number of hydrogen-bond donors (Lipinski definition) is 2. The molecule has 0 amide bonds. The Kier molecular flexibility index (Phi) is 5.20. The third-order valence-corrected chi connectivity index (χ3v) is 7.80.